The van der Waals surface area contributed by atoms with E-state index in [-0.39, 0.29) is 5.56 Å². The zero-order valence-corrected chi connectivity index (χ0v) is 16.8. The lowest BCUT2D eigenvalue weighted by Gasteiger charge is -2.35. The van der Waals surface area contributed by atoms with E-state index in [0.717, 1.165) is 29.5 Å². The second-order valence-corrected chi connectivity index (χ2v) is 7.17. The van der Waals surface area contributed by atoms with Crippen molar-refractivity contribution in [3.63, 3.8) is 0 Å². The third-order valence-corrected chi connectivity index (χ3v) is 5.18. The normalized spacial score (nSPS) is 13.6. The lowest BCUT2D eigenvalue weighted by molar-refractivity contribution is -0.394. The number of rotatable bonds is 5. The highest BCUT2D eigenvalue weighted by molar-refractivity contribution is 5.95. The van der Waals surface area contributed by atoms with Crippen LogP contribution in [0.1, 0.15) is 10.4 Å². The number of carbonyl (C=O) groups excluding carboxylic acids is 1. The molecule has 4 rings (SSSR count). The predicted octanol–water partition coefficient (Wildman–Crippen LogP) is 2.92. The van der Waals surface area contributed by atoms with E-state index >= 15 is 0 Å². The first-order chi connectivity index (χ1) is 15.4. The number of nitro groups is 2. The summed E-state index contributed by atoms with van der Waals surface area (Å²) in [6, 6.07) is 16.4. The van der Waals surface area contributed by atoms with Gasteiger partial charge in [0.2, 0.25) is 0 Å². The Hall–Kier alpha value is -4.41. The first-order valence-corrected chi connectivity index (χ1v) is 9.79. The van der Waals surface area contributed by atoms with Gasteiger partial charge >= 0.3 is 0 Å². The number of hydrogen-bond donors (Lipinski definition) is 0. The molecular formula is C21H18N6O5. The van der Waals surface area contributed by atoms with E-state index in [2.05, 4.69) is 10.2 Å². The first kappa shape index (κ1) is 20.8. The van der Waals surface area contributed by atoms with E-state index in [1.807, 2.05) is 47.4 Å². The number of nitro benzene ring substituents is 2. The van der Waals surface area contributed by atoms with Crippen molar-refractivity contribution in [2.24, 2.45) is 0 Å². The van der Waals surface area contributed by atoms with Crippen LogP contribution in [-0.2, 0) is 0 Å². The molecule has 1 saturated heterocycles. The fourth-order valence-electron chi connectivity index (χ4n) is 3.51. The molecule has 0 aliphatic carbocycles. The molecule has 0 N–H and O–H groups in total. The molecule has 162 valence electrons. The number of amides is 1. The van der Waals surface area contributed by atoms with Crippen molar-refractivity contribution in [2.75, 3.05) is 31.1 Å². The van der Waals surface area contributed by atoms with Crippen molar-refractivity contribution in [1.82, 2.24) is 15.1 Å². The minimum atomic E-state index is -0.751. The number of piperazine rings is 1. The molecule has 0 unspecified atom stereocenters. The Balaban J connectivity index is 1.44. The highest BCUT2D eigenvalue weighted by Gasteiger charge is 2.26. The van der Waals surface area contributed by atoms with Crippen molar-refractivity contribution in [2.45, 2.75) is 0 Å². The zero-order chi connectivity index (χ0) is 22.7. The standard InChI is InChI=1S/C21H18N6O5/c28-21(16-12-17(26(29)30)14-18(13-16)27(31)32)25-10-8-24(9-11-25)20-7-6-19(22-23-20)15-4-2-1-3-5-15/h1-7,12-14H,8-11H2. The van der Waals surface area contributed by atoms with Crippen LogP contribution in [0, 0.1) is 20.2 Å². The Kier molecular flexibility index (Phi) is 5.71. The molecule has 2 heterocycles. The van der Waals surface area contributed by atoms with Crippen molar-refractivity contribution in [3.05, 3.63) is 86.5 Å². The summed E-state index contributed by atoms with van der Waals surface area (Å²) in [7, 11) is 0. The van der Waals surface area contributed by atoms with Gasteiger partial charge in [-0.15, -0.1) is 10.2 Å². The number of carbonyl (C=O) groups is 1. The molecular weight excluding hydrogens is 416 g/mol. The minimum Gasteiger partial charge on any atom is -0.352 e. The summed E-state index contributed by atoms with van der Waals surface area (Å²) in [5.41, 5.74) is 0.666. The summed E-state index contributed by atoms with van der Waals surface area (Å²) in [6.45, 7) is 1.67. The number of hydrogen-bond acceptors (Lipinski definition) is 8. The van der Waals surface area contributed by atoms with E-state index in [4.69, 9.17) is 0 Å². The molecule has 3 aromatic rings. The summed E-state index contributed by atoms with van der Waals surface area (Å²) in [4.78, 5) is 37.0. The van der Waals surface area contributed by atoms with Crippen LogP contribution in [0.5, 0.6) is 0 Å². The lowest BCUT2D eigenvalue weighted by atomic mass is 10.1. The van der Waals surface area contributed by atoms with Gasteiger partial charge in [0.15, 0.2) is 5.82 Å². The summed E-state index contributed by atoms with van der Waals surface area (Å²) < 4.78 is 0. The maximum absolute atomic E-state index is 12.8. The van der Waals surface area contributed by atoms with Gasteiger partial charge in [-0.2, -0.15) is 0 Å². The topological polar surface area (TPSA) is 136 Å². The van der Waals surface area contributed by atoms with Gasteiger partial charge in [-0.05, 0) is 12.1 Å². The monoisotopic (exact) mass is 434 g/mol. The number of non-ortho nitro benzene ring substituents is 2. The average molecular weight is 434 g/mol. The second-order valence-electron chi connectivity index (χ2n) is 7.17. The summed E-state index contributed by atoms with van der Waals surface area (Å²) in [6.07, 6.45) is 0. The van der Waals surface area contributed by atoms with Crippen LogP contribution in [0.2, 0.25) is 0 Å². The lowest BCUT2D eigenvalue weighted by Crippen LogP contribution is -2.49. The number of anilines is 1. The third kappa shape index (κ3) is 4.36. The minimum absolute atomic E-state index is 0.0774. The Morgan fingerprint density at radius 2 is 1.44 bits per heavy atom. The molecule has 0 spiro atoms. The molecule has 1 fully saturated rings. The van der Waals surface area contributed by atoms with Gasteiger partial charge in [-0.1, -0.05) is 30.3 Å². The van der Waals surface area contributed by atoms with Crippen molar-refractivity contribution in [3.8, 4) is 11.3 Å². The van der Waals surface area contributed by atoms with E-state index in [1.165, 1.54) is 4.90 Å². The molecule has 0 bridgehead atoms. The molecule has 1 aromatic heterocycles. The molecule has 32 heavy (non-hydrogen) atoms. The van der Waals surface area contributed by atoms with Gasteiger partial charge in [0.25, 0.3) is 17.3 Å². The van der Waals surface area contributed by atoms with Gasteiger partial charge < -0.3 is 9.80 Å². The quantitative estimate of drug-likeness (QED) is 0.442. The summed E-state index contributed by atoms with van der Waals surface area (Å²) >= 11 is 0. The van der Waals surface area contributed by atoms with Crippen LogP contribution in [0.3, 0.4) is 0 Å². The highest BCUT2D eigenvalue weighted by atomic mass is 16.6. The van der Waals surface area contributed by atoms with E-state index in [1.54, 1.807) is 0 Å². The van der Waals surface area contributed by atoms with Crippen molar-refractivity contribution in [1.29, 1.82) is 0 Å². The molecule has 0 saturated carbocycles. The maximum Gasteiger partial charge on any atom is 0.277 e. The summed E-state index contributed by atoms with van der Waals surface area (Å²) in [5.74, 6) is 0.199. The molecule has 0 radical (unpaired) electrons. The Labute approximate surface area is 182 Å². The van der Waals surface area contributed by atoms with Crippen LogP contribution in [0.4, 0.5) is 17.2 Å². The van der Waals surface area contributed by atoms with Crippen LogP contribution in [-0.4, -0.2) is 57.0 Å². The number of aromatic nitrogens is 2. The van der Waals surface area contributed by atoms with Gasteiger partial charge in [0, 0.05) is 43.9 Å². The fraction of sp³-hybridized carbons (Fsp3) is 0.190. The average Bonchev–Trinajstić information content (AvgIpc) is 2.84. The zero-order valence-electron chi connectivity index (χ0n) is 16.8. The molecule has 1 aliphatic rings. The SMILES string of the molecule is O=C(c1cc([N+](=O)[O-])cc([N+](=O)[O-])c1)N1CCN(c2ccc(-c3ccccc3)nn2)CC1. The Bertz CT molecular complexity index is 1130. The largest absolute Gasteiger partial charge is 0.352 e. The maximum atomic E-state index is 12.8. The molecule has 2 aromatic carbocycles. The van der Waals surface area contributed by atoms with Gasteiger partial charge in [0.05, 0.1) is 27.2 Å². The molecule has 11 nitrogen and oxygen atoms in total. The highest BCUT2D eigenvalue weighted by Crippen LogP contribution is 2.24. The molecule has 11 heteroatoms. The predicted molar refractivity (Wildman–Crippen MR) is 115 cm³/mol. The first-order valence-electron chi connectivity index (χ1n) is 9.79. The Morgan fingerprint density at radius 3 is 1.97 bits per heavy atom. The van der Waals surface area contributed by atoms with E-state index in [0.29, 0.717) is 32.0 Å². The molecule has 1 amide bonds. The molecule has 0 atom stereocenters. The van der Waals surface area contributed by atoms with E-state index < -0.39 is 27.1 Å². The smallest absolute Gasteiger partial charge is 0.277 e. The van der Waals surface area contributed by atoms with Crippen LogP contribution in [0.15, 0.2) is 60.7 Å². The fourth-order valence-corrected chi connectivity index (χ4v) is 3.51. The van der Waals surface area contributed by atoms with Crippen LogP contribution in [0.25, 0.3) is 11.3 Å². The van der Waals surface area contributed by atoms with Gasteiger partial charge in [-0.3, -0.25) is 25.0 Å². The van der Waals surface area contributed by atoms with Gasteiger partial charge in [-0.25, -0.2) is 0 Å². The summed E-state index contributed by atoms with van der Waals surface area (Å²) in [5, 5.41) is 30.7. The van der Waals surface area contributed by atoms with Crippen LogP contribution >= 0.6 is 0 Å². The van der Waals surface area contributed by atoms with Crippen LogP contribution < -0.4 is 4.90 Å². The van der Waals surface area contributed by atoms with Crippen molar-refractivity contribution >= 4 is 23.1 Å². The number of nitrogens with zero attached hydrogens (tertiary/aromatic N) is 6. The Morgan fingerprint density at radius 1 is 0.812 bits per heavy atom. The number of benzene rings is 2. The molecule has 1 aliphatic heterocycles. The second kappa shape index (κ2) is 8.76. The third-order valence-electron chi connectivity index (χ3n) is 5.18. The van der Waals surface area contributed by atoms with Gasteiger partial charge in [0.1, 0.15) is 0 Å². The van der Waals surface area contributed by atoms with Crippen molar-refractivity contribution < 1.29 is 14.6 Å². The van der Waals surface area contributed by atoms with E-state index in [9.17, 15) is 25.0 Å².